The molecule has 6 heteroatoms. The number of fused-ring (bicyclic) bond motifs is 1. The van der Waals surface area contributed by atoms with Crippen molar-refractivity contribution in [2.24, 2.45) is 0 Å². The molecule has 3 aromatic rings. The first-order valence-electron chi connectivity index (χ1n) is 8.19. The van der Waals surface area contributed by atoms with E-state index in [1.165, 1.54) is 4.31 Å². The van der Waals surface area contributed by atoms with Crippen molar-refractivity contribution in [3.05, 3.63) is 66.2 Å². The van der Waals surface area contributed by atoms with Gasteiger partial charge in [-0.25, -0.2) is 13.4 Å². The molecule has 0 atom stereocenters. The van der Waals surface area contributed by atoms with Gasteiger partial charge in [0.1, 0.15) is 0 Å². The third-order valence-corrected chi connectivity index (χ3v) is 6.24. The molecule has 5 nitrogen and oxygen atoms in total. The molecule has 1 aliphatic heterocycles. The smallest absolute Gasteiger partial charge is 0.264 e. The molecular formula is C19H18N2O3S. The minimum Gasteiger partial charge on any atom is -0.441 e. The third kappa shape index (κ3) is 2.82. The number of hydrogen-bond acceptors (Lipinski definition) is 4. The van der Waals surface area contributed by atoms with Gasteiger partial charge in [0.2, 0.25) is 0 Å². The molecule has 0 amide bonds. The number of oxazole rings is 1. The summed E-state index contributed by atoms with van der Waals surface area (Å²) in [6.07, 6.45) is 3.37. The Bertz CT molecular complexity index is 1010. The highest BCUT2D eigenvalue weighted by molar-refractivity contribution is 7.92. The van der Waals surface area contributed by atoms with Gasteiger partial charge in [-0.1, -0.05) is 18.2 Å². The molecule has 0 aliphatic carbocycles. The molecule has 0 fully saturated rings. The zero-order chi connectivity index (χ0) is 17.4. The van der Waals surface area contributed by atoms with E-state index in [-0.39, 0.29) is 4.90 Å². The van der Waals surface area contributed by atoms with Gasteiger partial charge in [0, 0.05) is 19.0 Å². The zero-order valence-electron chi connectivity index (χ0n) is 13.8. The first kappa shape index (κ1) is 15.9. The van der Waals surface area contributed by atoms with Crippen LogP contribution in [-0.2, 0) is 16.4 Å². The molecule has 0 bridgehead atoms. The van der Waals surface area contributed by atoms with Crippen LogP contribution in [0.1, 0.15) is 17.9 Å². The van der Waals surface area contributed by atoms with Crippen LogP contribution in [0.5, 0.6) is 0 Å². The highest BCUT2D eigenvalue weighted by atomic mass is 32.2. The number of para-hydroxylation sites is 1. The molecule has 4 rings (SSSR count). The van der Waals surface area contributed by atoms with Crippen LogP contribution < -0.4 is 4.31 Å². The van der Waals surface area contributed by atoms with Gasteiger partial charge in [-0.15, -0.1) is 0 Å². The van der Waals surface area contributed by atoms with E-state index >= 15 is 0 Å². The fraction of sp³-hybridized carbons (Fsp3) is 0.211. The third-order valence-electron chi connectivity index (χ3n) is 4.42. The first-order chi connectivity index (χ1) is 12.1. The monoisotopic (exact) mass is 354 g/mol. The Labute approximate surface area is 147 Å². The van der Waals surface area contributed by atoms with Crippen LogP contribution in [0.3, 0.4) is 0 Å². The summed E-state index contributed by atoms with van der Waals surface area (Å²) in [7, 11) is -3.58. The molecule has 2 aromatic carbocycles. The molecule has 0 saturated carbocycles. The van der Waals surface area contributed by atoms with Gasteiger partial charge in [0.15, 0.2) is 11.7 Å². The van der Waals surface area contributed by atoms with Crippen molar-refractivity contribution in [2.45, 2.75) is 24.7 Å². The van der Waals surface area contributed by atoms with Crippen molar-refractivity contribution >= 4 is 15.7 Å². The maximum atomic E-state index is 13.1. The molecule has 1 aromatic heterocycles. The summed E-state index contributed by atoms with van der Waals surface area (Å²) in [4.78, 5) is 4.35. The summed E-state index contributed by atoms with van der Waals surface area (Å²) in [6, 6.07) is 14.4. The van der Waals surface area contributed by atoms with E-state index < -0.39 is 10.0 Å². The van der Waals surface area contributed by atoms with Crippen LogP contribution in [0.15, 0.2) is 64.0 Å². The Kier molecular flexibility index (Phi) is 3.84. The van der Waals surface area contributed by atoms with Crippen LogP contribution >= 0.6 is 0 Å². The van der Waals surface area contributed by atoms with Gasteiger partial charge in [-0.05, 0) is 48.7 Å². The fourth-order valence-electron chi connectivity index (χ4n) is 3.16. The average molecular weight is 354 g/mol. The van der Waals surface area contributed by atoms with Crippen molar-refractivity contribution in [1.29, 1.82) is 0 Å². The maximum Gasteiger partial charge on any atom is 0.264 e. The Balaban J connectivity index is 1.69. The van der Waals surface area contributed by atoms with E-state index in [4.69, 9.17) is 4.42 Å². The van der Waals surface area contributed by atoms with Crippen molar-refractivity contribution in [3.8, 4) is 11.3 Å². The summed E-state index contributed by atoms with van der Waals surface area (Å²) >= 11 is 0. The highest BCUT2D eigenvalue weighted by Crippen LogP contribution is 2.32. The average Bonchev–Trinajstić information content (AvgIpc) is 3.08. The maximum absolute atomic E-state index is 13.1. The molecule has 0 saturated heterocycles. The first-order valence-corrected chi connectivity index (χ1v) is 9.63. The zero-order valence-corrected chi connectivity index (χ0v) is 14.7. The predicted molar refractivity (Wildman–Crippen MR) is 96.0 cm³/mol. The van der Waals surface area contributed by atoms with Crippen molar-refractivity contribution < 1.29 is 12.8 Å². The van der Waals surface area contributed by atoms with Crippen molar-refractivity contribution in [1.82, 2.24) is 4.98 Å². The van der Waals surface area contributed by atoms with Crippen LogP contribution in [0.4, 0.5) is 5.69 Å². The fourth-order valence-corrected chi connectivity index (χ4v) is 4.70. The van der Waals surface area contributed by atoms with Gasteiger partial charge < -0.3 is 4.42 Å². The minimum absolute atomic E-state index is 0.282. The van der Waals surface area contributed by atoms with E-state index in [1.807, 2.05) is 24.3 Å². The van der Waals surface area contributed by atoms with E-state index in [0.29, 0.717) is 18.2 Å². The second-order valence-electron chi connectivity index (χ2n) is 6.08. The van der Waals surface area contributed by atoms with Gasteiger partial charge in [-0.3, -0.25) is 4.31 Å². The Morgan fingerprint density at radius 2 is 1.84 bits per heavy atom. The summed E-state index contributed by atoms with van der Waals surface area (Å²) < 4.78 is 33.2. The van der Waals surface area contributed by atoms with Crippen LogP contribution in [0.2, 0.25) is 0 Å². The highest BCUT2D eigenvalue weighted by Gasteiger charge is 2.28. The second kappa shape index (κ2) is 6.04. The summed E-state index contributed by atoms with van der Waals surface area (Å²) in [5.41, 5.74) is 2.66. The SMILES string of the molecule is Cc1ncc(-c2ccc(S(=O)(=O)N3CCCc4ccccc43)cc2)o1. The molecular weight excluding hydrogens is 336 g/mol. The van der Waals surface area contributed by atoms with Crippen molar-refractivity contribution in [3.63, 3.8) is 0 Å². The van der Waals surface area contributed by atoms with Crippen LogP contribution in [0, 0.1) is 6.92 Å². The minimum atomic E-state index is -3.58. The Morgan fingerprint density at radius 1 is 1.08 bits per heavy atom. The summed E-state index contributed by atoms with van der Waals surface area (Å²) in [5, 5.41) is 0. The molecule has 0 spiro atoms. The number of benzene rings is 2. The number of sulfonamides is 1. The van der Waals surface area contributed by atoms with Crippen LogP contribution in [-0.4, -0.2) is 19.9 Å². The van der Waals surface area contributed by atoms with E-state index in [1.54, 1.807) is 37.4 Å². The summed E-state index contributed by atoms with van der Waals surface area (Å²) in [6.45, 7) is 2.28. The van der Waals surface area contributed by atoms with Gasteiger partial charge in [0.25, 0.3) is 10.0 Å². The van der Waals surface area contributed by atoms with Crippen molar-refractivity contribution in [2.75, 3.05) is 10.8 Å². The summed E-state index contributed by atoms with van der Waals surface area (Å²) in [5.74, 6) is 1.21. The molecule has 0 radical (unpaired) electrons. The molecule has 0 N–H and O–H groups in total. The molecule has 0 unspecified atom stereocenters. The van der Waals surface area contributed by atoms with Gasteiger partial charge in [-0.2, -0.15) is 0 Å². The second-order valence-corrected chi connectivity index (χ2v) is 7.94. The standard InChI is InChI=1S/C19H18N2O3S/c1-14-20-13-19(24-14)16-8-10-17(11-9-16)25(22,23)21-12-4-6-15-5-2-3-7-18(15)21/h2-3,5,7-11,13H,4,6,12H2,1H3. The van der Waals surface area contributed by atoms with E-state index in [2.05, 4.69) is 4.98 Å². The van der Waals surface area contributed by atoms with E-state index in [9.17, 15) is 8.42 Å². The Morgan fingerprint density at radius 3 is 2.56 bits per heavy atom. The Hall–Kier alpha value is -2.60. The number of anilines is 1. The van der Waals surface area contributed by atoms with Crippen LogP contribution in [0.25, 0.3) is 11.3 Å². The lowest BCUT2D eigenvalue weighted by molar-refractivity contribution is 0.534. The topological polar surface area (TPSA) is 63.4 Å². The number of aryl methyl sites for hydroxylation is 2. The number of nitrogens with zero attached hydrogens (tertiary/aromatic N) is 2. The number of rotatable bonds is 3. The predicted octanol–water partition coefficient (Wildman–Crippen LogP) is 3.79. The lowest BCUT2D eigenvalue weighted by Gasteiger charge is -2.30. The lowest BCUT2D eigenvalue weighted by atomic mass is 10.0. The lowest BCUT2D eigenvalue weighted by Crippen LogP contribution is -2.35. The van der Waals surface area contributed by atoms with E-state index in [0.717, 1.165) is 29.7 Å². The quantitative estimate of drug-likeness (QED) is 0.718. The normalized spacial score (nSPS) is 14.4. The molecule has 128 valence electrons. The molecule has 1 aliphatic rings. The van der Waals surface area contributed by atoms with Gasteiger partial charge >= 0.3 is 0 Å². The largest absolute Gasteiger partial charge is 0.441 e. The number of aromatic nitrogens is 1. The van der Waals surface area contributed by atoms with Gasteiger partial charge in [0.05, 0.1) is 16.8 Å². The molecule has 25 heavy (non-hydrogen) atoms. The molecule has 2 heterocycles. The number of hydrogen-bond donors (Lipinski definition) is 0.